The van der Waals surface area contributed by atoms with Gasteiger partial charge >= 0.3 is 0 Å². The van der Waals surface area contributed by atoms with E-state index in [1.54, 1.807) is 24.4 Å². The molecule has 0 spiro atoms. The first-order valence-corrected chi connectivity index (χ1v) is 13.0. The quantitative estimate of drug-likeness (QED) is 0.484. The maximum atomic E-state index is 13.9. The van der Waals surface area contributed by atoms with Crippen LogP contribution >= 0.6 is 0 Å². The number of hydrogen-bond acceptors (Lipinski definition) is 6. The Morgan fingerprint density at radius 1 is 1.17 bits per heavy atom. The van der Waals surface area contributed by atoms with E-state index in [0.717, 1.165) is 43.2 Å². The average molecular weight is 491 g/mol. The van der Waals surface area contributed by atoms with Gasteiger partial charge in [0.2, 0.25) is 0 Å². The van der Waals surface area contributed by atoms with Gasteiger partial charge in [0.15, 0.2) is 23.0 Å². The summed E-state index contributed by atoms with van der Waals surface area (Å²) < 4.78 is 17.9. The van der Waals surface area contributed by atoms with Gasteiger partial charge in [-0.05, 0) is 60.9 Å². The number of nitrogens with zero attached hydrogens (tertiary/aromatic N) is 2. The number of benzene rings is 1. The van der Waals surface area contributed by atoms with Crippen LogP contribution in [0.4, 0.5) is 0 Å². The molecule has 36 heavy (non-hydrogen) atoms. The number of methoxy groups -OCH3 is 1. The number of carbonyl (C=O) groups is 2. The summed E-state index contributed by atoms with van der Waals surface area (Å²) in [5.74, 6) is 1.50. The summed E-state index contributed by atoms with van der Waals surface area (Å²) in [5.41, 5.74) is 2.16. The molecule has 3 heterocycles. The van der Waals surface area contributed by atoms with Gasteiger partial charge in [-0.25, -0.2) is 0 Å². The summed E-state index contributed by atoms with van der Waals surface area (Å²) in [6, 6.07) is 8.91. The number of amides is 1. The molecule has 7 heteroatoms. The molecule has 2 aromatic rings. The molecule has 0 N–H and O–H groups in total. The Balaban J connectivity index is 1.55. The molecule has 3 aliphatic rings. The number of aromatic nitrogens is 1. The smallest absolute Gasteiger partial charge is 0.290 e. The van der Waals surface area contributed by atoms with E-state index >= 15 is 0 Å². The second-order valence-electron chi connectivity index (χ2n) is 10.1. The number of unbranched alkanes of at least 4 members (excludes halogenated alkanes) is 1. The molecule has 7 nitrogen and oxygen atoms in total. The molecular weight excluding hydrogens is 456 g/mol. The van der Waals surface area contributed by atoms with Gasteiger partial charge in [-0.2, -0.15) is 0 Å². The van der Waals surface area contributed by atoms with Gasteiger partial charge in [0.05, 0.1) is 31.2 Å². The summed E-state index contributed by atoms with van der Waals surface area (Å²) in [5, 5.41) is 0. The van der Waals surface area contributed by atoms with Crippen LogP contribution < -0.4 is 9.47 Å². The Morgan fingerprint density at radius 3 is 2.78 bits per heavy atom. The Kier molecular flexibility index (Phi) is 6.99. The largest absolute Gasteiger partial charge is 0.493 e. The molecule has 1 aromatic carbocycles. The van der Waals surface area contributed by atoms with Crippen LogP contribution in [0.5, 0.6) is 11.5 Å². The van der Waals surface area contributed by atoms with Crippen molar-refractivity contribution in [2.45, 2.75) is 64.6 Å². The van der Waals surface area contributed by atoms with Crippen LogP contribution in [-0.2, 0) is 20.9 Å². The molecular formula is C29H34N2O5. The lowest BCUT2D eigenvalue weighted by molar-refractivity contribution is -0.136. The summed E-state index contributed by atoms with van der Waals surface area (Å²) in [7, 11) is 1.60. The summed E-state index contributed by atoms with van der Waals surface area (Å²) in [6.07, 6.45) is 7.80. The number of ether oxygens (including phenoxy) is 3. The zero-order chi connectivity index (χ0) is 25.2. The van der Waals surface area contributed by atoms with E-state index < -0.39 is 6.04 Å². The van der Waals surface area contributed by atoms with E-state index in [0.29, 0.717) is 36.1 Å². The van der Waals surface area contributed by atoms with Crippen molar-refractivity contribution in [3.63, 3.8) is 0 Å². The number of Topliss-reactive ketones (excluding diaryl/α,β-unsaturated/α-hetero) is 1. The molecule has 0 radical (unpaired) electrons. The molecule has 4 unspecified atom stereocenters. The van der Waals surface area contributed by atoms with Crippen molar-refractivity contribution in [1.29, 1.82) is 0 Å². The molecule has 190 valence electrons. The summed E-state index contributed by atoms with van der Waals surface area (Å²) in [4.78, 5) is 33.6. The van der Waals surface area contributed by atoms with Gasteiger partial charge in [-0.15, -0.1) is 0 Å². The van der Waals surface area contributed by atoms with Gasteiger partial charge in [-0.1, -0.05) is 32.4 Å². The van der Waals surface area contributed by atoms with E-state index in [4.69, 9.17) is 14.2 Å². The average Bonchev–Trinajstić information content (AvgIpc) is 3.17. The fraction of sp³-hybridized carbons (Fsp3) is 0.483. The van der Waals surface area contributed by atoms with Crippen LogP contribution in [0.15, 0.2) is 54.1 Å². The van der Waals surface area contributed by atoms with Crippen LogP contribution in [0.2, 0.25) is 0 Å². The van der Waals surface area contributed by atoms with Gasteiger partial charge in [0.25, 0.3) is 5.91 Å². The lowest BCUT2D eigenvalue weighted by atomic mass is 9.74. The van der Waals surface area contributed by atoms with E-state index in [9.17, 15) is 9.59 Å². The van der Waals surface area contributed by atoms with Crippen LogP contribution in [0, 0.1) is 11.8 Å². The second kappa shape index (κ2) is 10.3. The van der Waals surface area contributed by atoms with Crippen LogP contribution in [0.25, 0.3) is 0 Å². The third-order valence-electron chi connectivity index (χ3n) is 7.54. The Bertz CT molecular complexity index is 1160. The summed E-state index contributed by atoms with van der Waals surface area (Å²) >= 11 is 0. The highest BCUT2D eigenvalue weighted by molar-refractivity contribution is 6.11. The van der Waals surface area contributed by atoms with Crippen LogP contribution in [0.1, 0.15) is 63.1 Å². The zero-order valence-corrected chi connectivity index (χ0v) is 21.2. The van der Waals surface area contributed by atoms with Gasteiger partial charge in [0.1, 0.15) is 6.10 Å². The fourth-order valence-corrected chi connectivity index (χ4v) is 5.62. The zero-order valence-electron chi connectivity index (χ0n) is 21.2. The van der Waals surface area contributed by atoms with Crippen molar-refractivity contribution < 1.29 is 23.8 Å². The third kappa shape index (κ3) is 4.47. The monoisotopic (exact) mass is 490 g/mol. The molecule has 2 aliphatic heterocycles. The normalized spacial score (nSPS) is 25.4. The first-order chi connectivity index (χ1) is 17.5. The standard InChI is InChI=1S/C29H34N2O5/c1-4-5-13-35-23-11-9-20(15-24(23)34-3)26-25-27(32)21-14-18(2)8-10-22(21)36-28(25)29(33)31(26)17-19-7-6-12-30-16-19/h6-7,9,11-12,15-16,18,21-22,26H,4-5,8,10,13-14,17H2,1-3H3. The van der Waals surface area contributed by atoms with Crippen LogP contribution in [0.3, 0.4) is 0 Å². The lowest BCUT2D eigenvalue weighted by Crippen LogP contribution is -2.41. The highest BCUT2D eigenvalue weighted by Gasteiger charge is 2.52. The minimum atomic E-state index is -0.558. The second-order valence-corrected chi connectivity index (χ2v) is 10.1. The maximum absolute atomic E-state index is 13.9. The number of carbonyl (C=O) groups excluding carboxylic acids is 2. The molecule has 1 amide bonds. The molecule has 0 saturated heterocycles. The van der Waals surface area contributed by atoms with Crippen molar-refractivity contribution in [2.75, 3.05) is 13.7 Å². The highest BCUT2D eigenvalue weighted by Crippen LogP contribution is 2.48. The Hall–Kier alpha value is -3.35. The van der Waals surface area contributed by atoms with Gasteiger partial charge in [0, 0.05) is 18.9 Å². The molecule has 1 fully saturated rings. The number of fused-ring (bicyclic) bond motifs is 1. The number of hydrogen-bond donors (Lipinski definition) is 0. The number of ketones is 1. The predicted octanol–water partition coefficient (Wildman–Crippen LogP) is 5.01. The van der Waals surface area contributed by atoms with E-state index in [-0.39, 0.29) is 29.5 Å². The van der Waals surface area contributed by atoms with Crippen molar-refractivity contribution in [3.05, 3.63) is 65.2 Å². The minimum absolute atomic E-state index is 0.0436. The van der Waals surface area contributed by atoms with Crippen molar-refractivity contribution in [1.82, 2.24) is 9.88 Å². The number of pyridine rings is 1. The predicted molar refractivity (Wildman–Crippen MR) is 134 cm³/mol. The molecule has 1 aromatic heterocycles. The Morgan fingerprint density at radius 2 is 2.03 bits per heavy atom. The van der Waals surface area contributed by atoms with E-state index in [2.05, 4.69) is 18.8 Å². The number of rotatable bonds is 8. The Labute approximate surface area is 212 Å². The van der Waals surface area contributed by atoms with Crippen molar-refractivity contribution >= 4 is 11.7 Å². The SMILES string of the molecule is CCCCOc1ccc(C2C3=C(OC4CCC(C)CC4C3=O)C(=O)N2Cc2cccnc2)cc1OC. The maximum Gasteiger partial charge on any atom is 0.290 e. The summed E-state index contributed by atoms with van der Waals surface area (Å²) in [6.45, 7) is 5.22. The minimum Gasteiger partial charge on any atom is -0.493 e. The molecule has 4 atom stereocenters. The van der Waals surface area contributed by atoms with Crippen molar-refractivity contribution in [3.8, 4) is 11.5 Å². The first-order valence-electron chi connectivity index (χ1n) is 13.0. The highest BCUT2D eigenvalue weighted by atomic mass is 16.5. The van der Waals surface area contributed by atoms with E-state index in [1.165, 1.54) is 0 Å². The first kappa shape index (κ1) is 24.3. The van der Waals surface area contributed by atoms with E-state index in [1.807, 2.05) is 30.3 Å². The molecule has 5 rings (SSSR count). The molecule has 1 aliphatic carbocycles. The van der Waals surface area contributed by atoms with Crippen molar-refractivity contribution in [2.24, 2.45) is 11.8 Å². The third-order valence-corrected chi connectivity index (χ3v) is 7.54. The fourth-order valence-electron chi connectivity index (χ4n) is 5.62. The van der Waals surface area contributed by atoms with Gasteiger partial charge in [-0.3, -0.25) is 14.6 Å². The van der Waals surface area contributed by atoms with Crippen LogP contribution in [-0.4, -0.2) is 41.4 Å². The molecule has 1 saturated carbocycles. The van der Waals surface area contributed by atoms with Gasteiger partial charge < -0.3 is 19.1 Å². The lowest BCUT2D eigenvalue weighted by Gasteiger charge is -2.37. The topological polar surface area (TPSA) is 78.0 Å². The molecule has 0 bridgehead atoms.